The van der Waals surface area contributed by atoms with Crippen LogP contribution in [0.15, 0.2) is 0 Å². The molecule has 0 N–H and O–H groups in total. The van der Waals surface area contributed by atoms with Gasteiger partial charge in [-0.25, -0.2) is 0 Å². The second kappa shape index (κ2) is 33.6. The summed E-state index contributed by atoms with van der Waals surface area (Å²) in [4.78, 5) is 0. The van der Waals surface area contributed by atoms with E-state index in [2.05, 4.69) is 13.8 Å². The van der Waals surface area contributed by atoms with E-state index in [4.69, 9.17) is 42.6 Å². The van der Waals surface area contributed by atoms with E-state index >= 15 is 0 Å². The lowest BCUT2D eigenvalue weighted by Crippen LogP contribution is -2.15. The van der Waals surface area contributed by atoms with Crippen LogP contribution < -0.4 is 0 Å². The smallest absolute Gasteiger partial charge is 0.0701 e. The topological polar surface area (TPSA) is 83.1 Å². The maximum atomic E-state index is 5.52. The number of rotatable bonds is 32. The fourth-order valence-corrected chi connectivity index (χ4v) is 2.74. The molecule has 212 valence electrons. The van der Waals surface area contributed by atoms with E-state index in [-0.39, 0.29) is 0 Å². The van der Waals surface area contributed by atoms with Gasteiger partial charge in [0.1, 0.15) is 0 Å². The predicted octanol–water partition coefficient (Wildman–Crippen LogP) is 3.52. The molecule has 0 spiro atoms. The molecule has 0 saturated carbocycles. The molecule has 0 atom stereocenters. The fraction of sp³-hybridized carbons (Fsp3) is 1.00. The Morgan fingerprint density at radius 1 is 0.229 bits per heavy atom. The average Bonchev–Trinajstić information content (AvgIpc) is 2.87. The van der Waals surface area contributed by atoms with Crippen LogP contribution in [0.3, 0.4) is 0 Å². The molecule has 0 radical (unpaired) electrons. The molecular weight excluding hydrogens is 456 g/mol. The van der Waals surface area contributed by atoms with Gasteiger partial charge in [0.25, 0.3) is 0 Å². The third-order valence-electron chi connectivity index (χ3n) is 4.76. The van der Waals surface area contributed by atoms with Crippen LogP contribution in [-0.2, 0) is 42.6 Å². The summed E-state index contributed by atoms with van der Waals surface area (Å²) in [5, 5.41) is 0. The first-order chi connectivity index (χ1) is 17.4. The molecule has 0 aromatic carbocycles. The van der Waals surface area contributed by atoms with Crippen LogP contribution in [0.4, 0.5) is 0 Å². The van der Waals surface area contributed by atoms with E-state index in [1.807, 2.05) is 0 Å². The van der Waals surface area contributed by atoms with Gasteiger partial charge in [-0.3, -0.25) is 0 Å². The van der Waals surface area contributed by atoms with Crippen molar-refractivity contribution in [1.82, 2.24) is 0 Å². The molecule has 0 unspecified atom stereocenters. The van der Waals surface area contributed by atoms with Crippen molar-refractivity contribution in [2.75, 3.05) is 119 Å². The maximum absolute atomic E-state index is 5.52. The molecule has 9 nitrogen and oxygen atoms in total. The molecule has 0 aliphatic rings. The number of hydrogen-bond donors (Lipinski definition) is 0. The SMILES string of the molecule is CCCCCCOCCOCCOCCOCCOCCOCCOCCOCCOCCCC. The van der Waals surface area contributed by atoms with Gasteiger partial charge in [0.05, 0.1) is 106 Å². The van der Waals surface area contributed by atoms with Crippen LogP contribution in [0, 0.1) is 0 Å². The molecule has 0 saturated heterocycles. The van der Waals surface area contributed by atoms with Crippen LogP contribution in [0.1, 0.15) is 52.4 Å². The van der Waals surface area contributed by atoms with Crippen molar-refractivity contribution in [1.29, 1.82) is 0 Å². The molecule has 35 heavy (non-hydrogen) atoms. The van der Waals surface area contributed by atoms with Crippen molar-refractivity contribution in [2.24, 2.45) is 0 Å². The molecule has 0 fully saturated rings. The summed E-state index contributed by atoms with van der Waals surface area (Å²) in [5.74, 6) is 0. The quantitative estimate of drug-likeness (QED) is 0.126. The summed E-state index contributed by atoms with van der Waals surface area (Å²) >= 11 is 0. The first-order valence-corrected chi connectivity index (χ1v) is 13.6. The van der Waals surface area contributed by atoms with Gasteiger partial charge >= 0.3 is 0 Å². The molecule has 0 aliphatic heterocycles. The van der Waals surface area contributed by atoms with Gasteiger partial charge in [-0.2, -0.15) is 0 Å². The third-order valence-corrected chi connectivity index (χ3v) is 4.76. The Morgan fingerprint density at radius 2 is 0.457 bits per heavy atom. The first kappa shape index (κ1) is 34.6. The third kappa shape index (κ3) is 33.6. The van der Waals surface area contributed by atoms with Crippen molar-refractivity contribution in [2.45, 2.75) is 52.4 Å². The Labute approximate surface area is 214 Å². The lowest BCUT2D eigenvalue weighted by atomic mass is 10.2. The van der Waals surface area contributed by atoms with Crippen molar-refractivity contribution in [3.63, 3.8) is 0 Å². The maximum Gasteiger partial charge on any atom is 0.0701 e. The first-order valence-electron chi connectivity index (χ1n) is 13.6. The Morgan fingerprint density at radius 3 is 0.714 bits per heavy atom. The number of hydrogen-bond acceptors (Lipinski definition) is 9. The highest BCUT2D eigenvalue weighted by atomic mass is 16.6. The molecule has 0 aromatic rings. The van der Waals surface area contributed by atoms with Gasteiger partial charge in [0, 0.05) is 13.2 Å². The Balaban J connectivity index is 3.00. The molecule has 0 heterocycles. The van der Waals surface area contributed by atoms with Gasteiger partial charge in [-0.05, 0) is 12.8 Å². The second-order valence-electron chi connectivity index (χ2n) is 7.93. The Kier molecular flexibility index (Phi) is 33.3. The van der Waals surface area contributed by atoms with E-state index in [0.29, 0.717) is 106 Å². The molecule has 0 aromatic heterocycles. The number of unbranched alkanes of at least 4 members (excludes halogenated alkanes) is 4. The molecule has 0 amide bonds. The minimum Gasteiger partial charge on any atom is -0.379 e. The minimum atomic E-state index is 0.542. The lowest BCUT2D eigenvalue weighted by Gasteiger charge is -2.09. The van der Waals surface area contributed by atoms with Gasteiger partial charge < -0.3 is 42.6 Å². The van der Waals surface area contributed by atoms with Gasteiger partial charge in [0.2, 0.25) is 0 Å². The Bertz CT molecular complexity index is 330. The summed E-state index contributed by atoms with van der Waals surface area (Å²) < 4.78 is 49.1. The largest absolute Gasteiger partial charge is 0.379 e. The summed E-state index contributed by atoms with van der Waals surface area (Å²) in [7, 11) is 0. The van der Waals surface area contributed by atoms with E-state index in [0.717, 1.165) is 32.5 Å². The predicted molar refractivity (Wildman–Crippen MR) is 136 cm³/mol. The molecule has 0 aliphatic carbocycles. The second-order valence-corrected chi connectivity index (χ2v) is 7.93. The fourth-order valence-electron chi connectivity index (χ4n) is 2.74. The Hall–Kier alpha value is -0.360. The standard InChI is InChI=1S/C26H54O9/c1-3-5-7-8-10-28-12-14-30-16-18-32-20-22-34-24-26-35-25-23-33-21-19-31-17-15-29-13-11-27-9-6-4-2/h3-26H2,1-2H3. The van der Waals surface area contributed by atoms with Gasteiger partial charge in [-0.1, -0.05) is 39.5 Å². The highest BCUT2D eigenvalue weighted by molar-refractivity contribution is 4.41. The van der Waals surface area contributed by atoms with Crippen molar-refractivity contribution < 1.29 is 42.6 Å². The van der Waals surface area contributed by atoms with E-state index < -0.39 is 0 Å². The summed E-state index contributed by atoms with van der Waals surface area (Å²) in [6, 6.07) is 0. The van der Waals surface area contributed by atoms with E-state index in [9.17, 15) is 0 Å². The van der Waals surface area contributed by atoms with E-state index in [1.54, 1.807) is 0 Å². The summed E-state index contributed by atoms with van der Waals surface area (Å²) in [5.41, 5.74) is 0. The molecular formula is C26H54O9. The highest BCUT2D eigenvalue weighted by Gasteiger charge is 1.95. The summed E-state index contributed by atoms with van der Waals surface area (Å²) in [6.45, 7) is 15.2. The number of ether oxygens (including phenoxy) is 9. The van der Waals surface area contributed by atoms with Crippen LogP contribution in [0.5, 0.6) is 0 Å². The van der Waals surface area contributed by atoms with E-state index in [1.165, 1.54) is 19.3 Å². The van der Waals surface area contributed by atoms with Crippen molar-refractivity contribution in [3.8, 4) is 0 Å². The molecule has 9 heteroatoms. The zero-order valence-corrected chi connectivity index (χ0v) is 22.6. The average molecular weight is 511 g/mol. The van der Waals surface area contributed by atoms with Crippen molar-refractivity contribution in [3.05, 3.63) is 0 Å². The van der Waals surface area contributed by atoms with Crippen LogP contribution >= 0.6 is 0 Å². The highest BCUT2D eigenvalue weighted by Crippen LogP contribution is 1.98. The minimum absolute atomic E-state index is 0.542. The van der Waals surface area contributed by atoms with Crippen LogP contribution in [0.2, 0.25) is 0 Å². The monoisotopic (exact) mass is 510 g/mol. The van der Waals surface area contributed by atoms with Crippen LogP contribution in [-0.4, -0.2) is 119 Å². The zero-order valence-electron chi connectivity index (χ0n) is 22.6. The van der Waals surface area contributed by atoms with Gasteiger partial charge in [0.15, 0.2) is 0 Å². The molecule has 0 rings (SSSR count). The normalized spacial score (nSPS) is 11.5. The van der Waals surface area contributed by atoms with Crippen molar-refractivity contribution >= 4 is 0 Å². The zero-order chi connectivity index (χ0) is 25.3. The lowest BCUT2D eigenvalue weighted by molar-refractivity contribution is -0.0250. The summed E-state index contributed by atoms with van der Waals surface area (Å²) in [6.07, 6.45) is 7.18. The van der Waals surface area contributed by atoms with Gasteiger partial charge in [-0.15, -0.1) is 0 Å². The molecule has 0 bridgehead atoms. The van der Waals surface area contributed by atoms with Crippen LogP contribution in [0.25, 0.3) is 0 Å².